The Kier molecular flexibility index (Phi) is 5.18. The molecule has 0 N–H and O–H groups in total. The van der Waals surface area contributed by atoms with Crippen LogP contribution in [-0.4, -0.2) is 24.2 Å². The van der Waals surface area contributed by atoms with Gasteiger partial charge in [-0.25, -0.2) is 4.90 Å². The second-order valence-corrected chi connectivity index (χ2v) is 7.92. The van der Waals surface area contributed by atoms with Gasteiger partial charge in [0, 0.05) is 5.25 Å². The van der Waals surface area contributed by atoms with Crippen LogP contribution in [0.3, 0.4) is 0 Å². The molecule has 26 heavy (non-hydrogen) atoms. The highest BCUT2D eigenvalue weighted by Gasteiger charge is 2.40. The number of thioether (sulfide) groups is 1. The van der Waals surface area contributed by atoms with Crippen molar-refractivity contribution in [3.8, 4) is 5.75 Å². The number of carbonyl (C=O) groups excluding carboxylic acids is 2. The van der Waals surface area contributed by atoms with Crippen LogP contribution in [0, 0.1) is 6.92 Å². The standard InChI is InChI=1S/C21H21NO3S/c1-13(2)26-19-18(15-9-11-16(25-4)12-10-15)20(23)22(21(19)24)17-8-6-5-7-14(17)3/h5-13H,1-4H3. The van der Waals surface area contributed by atoms with Gasteiger partial charge in [-0.3, -0.25) is 9.59 Å². The summed E-state index contributed by atoms with van der Waals surface area (Å²) in [6.45, 7) is 5.92. The Bertz CT molecular complexity index is 884. The molecular weight excluding hydrogens is 346 g/mol. The van der Waals surface area contributed by atoms with Crippen molar-refractivity contribution in [1.29, 1.82) is 0 Å². The Morgan fingerprint density at radius 3 is 2.19 bits per heavy atom. The fourth-order valence-electron chi connectivity index (χ4n) is 2.90. The molecule has 134 valence electrons. The van der Waals surface area contributed by atoms with Gasteiger partial charge in [-0.05, 0) is 36.2 Å². The largest absolute Gasteiger partial charge is 0.497 e. The summed E-state index contributed by atoms with van der Waals surface area (Å²) < 4.78 is 5.19. The van der Waals surface area contributed by atoms with E-state index in [4.69, 9.17) is 4.74 Å². The molecule has 0 fully saturated rings. The highest BCUT2D eigenvalue weighted by Crippen LogP contribution is 2.40. The zero-order valence-corrected chi connectivity index (χ0v) is 16.1. The Hall–Kier alpha value is -2.53. The molecule has 0 saturated carbocycles. The summed E-state index contributed by atoms with van der Waals surface area (Å²) in [4.78, 5) is 28.1. The van der Waals surface area contributed by atoms with E-state index in [2.05, 4.69) is 0 Å². The number of benzene rings is 2. The van der Waals surface area contributed by atoms with Crippen molar-refractivity contribution < 1.29 is 14.3 Å². The molecule has 0 radical (unpaired) electrons. The van der Waals surface area contributed by atoms with Crippen LogP contribution in [0.25, 0.3) is 5.57 Å². The summed E-state index contributed by atoms with van der Waals surface area (Å²) in [6, 6.07) is 14.7. The summed E-state index contributed by atoms with van der Waals surface area (Å²) in [5, 5.41) is 0.187. The second-order valence-electron chi connectivity index (χ2n) is 6.33. The van der Waals surface area contributed by atoms with E-state index in [0.29, 0.717) is 21.9 Å². The molecule has 0 unspecified atom stereocenters. The van der Waals surface area contributed by atoms with Crippen LogP contribution in [0.4, 0.5) is 5.69 Å². The first-order chi connectivity index (χ1) is 12.4. The van der Waals surface area contributed by atoms with Gasteiger partial charge < -0.3 is 4.74 Å². The maximum atomic E-state index is 13.2. The van der Waals surface area contributed by atoms with E-state index in [1.807, 2.05) is 51.1 Å². The van der Waals surface area contributed by atoms with Gasteiger partial charge in [0.25, 0.3) is 11.8 Å². The number of imide groups is 1. The average molecular weight is 367 g/mol. The Labute approximate surface area is 157 Å². The number of carbonyl (C=O) groups is 2. The molecule has 2 aromatic carbocycles. The van der Waals surface area contributed by atoms with E-state index in [0.717, 1.165) is 11.1 Å². The number of nitrogens with zero attached hydrogens (tertiary/aromatic N) is 1. The summed E-state index contributed by atoms with van der Waals surface area (Å²) in [5.74, 6) is 0.173. The van der Waals surface area contributed by atoms with Crippen LogP contribution in [0.2, 0.25) is 0 Å². The van der Waals surface area contributed by atoms with Crippen molar-refractivity contribution in [2.75, 3.05) is 12.0 Å². The quantitative estimate of drug-likeness (QED) is 0.734. The minimum absolute atomic E-state index is 0.187. The lowest BCUT2D eigenvalue weighted by molar-refractivity contribution is -0.119. The zero-order valence-electron chi connectivity index (χ0n) is 15.3. The van der Waals surface area contributed by atoms with Crippen molar-refractivity contribution in [3.05, 3.63) is 64.6 Å². The van der Waals surface area contributed by atoms with Crippen molar-refractivity contribution >= 4 is 34.8 Å². The molecule has 0 saturated heterocycles. The number of aryl methyl sites for hydroxylation is 1. The molecule has 1 aliphatic heterocycles. The SMILES string of the molecule is COc1ccc(C2=C(SC(C)C)C(=O)N(c3ccccc3C)C2=O)cc1. The predicted molar refractivity (Wildman–Crippen MR) is 106 cm³/mol. The van der Waals surface area contributed by atoms with Crippen molar-refractivity contribution in [1.82, 2.24) is 0 Å². The number of anilines is 1. The molecule has 0 aromatic heterocycles. The van der Waals surface area contributed by atoms with E-state index in [9.17, 15) is 9.59 Å². The van der Waals surface area contributed by atoms with Crippen LogP contribution >= 0.6 is 11.8 Å². The van der Waals surface area contributed by atoms with Crippen molar-refractivity contribution in [3.63, 3.8) is 0 Å². The minimum Gasteiger partial charge on any atom is -0.497 e. The van der Waals surface area contributed by atoms with E-state index in [-0.39, 0.29) is 17.1 Å². The lowest BCUT2D eigenvalue weighted by Crippen LogP contribution is -2.32. The lowest BCUT2D eigenvalue weighted by atomic mass is 10.1. The van der Waals surface area contributed by atoms with Gasteiger partial charge in [0.2, 0.25) is 0 Å². The third-order valence-electron chi connectivity index (χ3n) is 4.13. The highest BCUT2D eigenvalue weighted by atomic mass is 32.2. The topological polar surface area (TPSA) is 46.6 Å². The lowest BCUT2D eigenvalue weighted by Gasteiger charge is -2.17. The highest BCUT2D eigenvalue weighted by molar-refractivity contribution is 8.04. The Morgan fingerprint density at radius 1 is 0.962 bits per heavy atom. The molecule has 0 bridgehead atoms. The number of hydrogen-bond donors (Lipinski definition) is 0. The maximum absolute atomic E-state index is 13.2. The van der Waals surface area contributed by atoms with Crippen molar-refractivity contribution in [2.45, 2.75) is 26.0 Å². The second kappa shape index (κ2) is 7.38. The van der Waals surface area contributed by atoms with Gasteiger partial charge in [0.05, 0.1) is 23.3 Å². The number of amides is 2. The third-order valence-corrected chi connectivity index (χ3v) is 5.22. The zero-order chi connectivity index (χ0) is 18.8. The van der Waals surface area contributed by atoms with Crippen LogP contribution in [0.1, 0.15) is 25.0 Å². The number of rotatable bonds is 5. The smallest absolute Gasteiger partial charge is 0.272 e. The van der Waals surface area contributed by atoms with Gasteiger partial charge in [-0.15, -0.1) is 11.8 Å². The summed E-state index contributed by atoms with van der Waals surface area (Å²) >= 11 is 1.43. The molecule has 0 spiro atoms. The summed E-state index contributed by atoms with van der Waals surface area (Å²) in [7, 11) is 1.60. The monoisotopic (exact) mass is 367 g/mol. The normalized spacial score (nSPS) is 14.6. The van der Waals surface area contributed by atoms with Crippen LogP contribution < -0.4 is 9.64 Å². The maximum Gasteiger partial charge on any atom is 0.272 e. The number of methoxy groups -OCH3 is 1. The van der Waals surface area contributed by atoms with Gasteiger partial charge in [0.15, 0.2) is 0 Å². The molecule has 0 aliphatic carbocycles. The van der Waals surface area contributed by atoms with Crippen LogP contribution in [-0.2, 0) is 9.59 Å². The van der Waals surface area contributed by atoms with Gasteiger partial charge in [-0.2, -0.15) is 0 Å². The van der Waals surface area contributed by atoms with E-state index in [1.165, 1.54) is 16.7 Å². The third kappa shape index (κ3) is 3.27. The first kappa shape index (κ1) is 18.3. The fraction of sp³-hybridized carbons (Fsp3) is 0.238. The van der Waals surface area contributed by atoms with E-state index >= 15 is 0 Å². The molecule has 1 aliphatic rings. The van der Waals surface area contributed by atoms with Crippen molar-refractivity contribution in [2.24, 2.45) is 0 Å². The first-order valence-corrected chi connectivity index (χ1v) is 9.31. The summed E-state index contributed by atoms with van der Waals surface area (Å²) in [6.07, 6.45) is 0. The molecule has 1 heterocycles. The van der Waals surface area contributed by atoms with E-state index in [1.54, 1.807) is 25.3 Å². The number of hydrogen-bond acceptors (Lipinski definition) is 4. The van der Waals surface area contributed by atoms with Gasteiger partial charge >= 0.3 is 0 Å². The number of ether oxygens (including phenoxy) is 1. The van der Waals surface area contributed by atoms with E-state index < -0.39 is 0 Å². The molecular formula is C21H21NO3S. The van der Waals surface area contributed by atoms with Gasteiger partial charge in [0.1, 0.15) is 5.75 Å². The number of para-hydroxylation sites is 1. The molecule has 2 amide bonds. The average Bonchev–Trinajstić information content (AvgIpc) is 2.85. The van der Waals surface area contributed by atoms with Crippen LogP contribution in [0.15, 0.2) is 53.4 Å². The molecule has 2 aromatic rings. The predicted octanol–water partition coefficient (Wildman–Crippen LogP) is 4.43. The molecule has 4 nitrogen and oxygen atoms in total. The molecule has 5 heteroatoms. The minimum atomic E-state index is -0.280. The molecule has 3 rings (SSSR count). The Balaban J connectivity index is 2.11. The van der Waals surface area contributed by atoms with Crippen LogP contribution in [0.5, 0.6) is 5.75 Å². The van der Waals surface area contributed by atoms with Gasteiger partial charge in [-0.1, -0.05) is 44.2 Å². The summed E-state index contributed by atoms with van der Waals surface area (Å²) in [5.41, 5.74) is 2.70. The fourth-order valence-corrected chi connectivity index (χ4v) is 3.89. The first-order valence-electron chi connectivity index (χ1n) is 8.43. The Morgan fingerprint density at radius 2 is 1.62 bits per heavy atom. The molecule has 0 atom stereocenters.